The molecule has 0 radical (unpaired) electrons. The van der Waals surface area contributed by atoms with Crippen molar-refractivity contribution >= 4 is 17.4 Å². The Morgan fingerprint density at radius 2 is 1.73 bits per heavy atom. The number of halogens is 3. The second-order valence-corrected chi connectivity index (χ2v) is 10.1. The predicted molar refractivity (Wildman–Crippen MR) is 144 cm³/mol. The first kappa shape index (κ1) is 28.7. The average Bonchev–Trinajstić information content (AvgIpc) is 3.16. The molecule has 40 heavy (non-hydrogen) atoms. The van der Waals surface area contributed by atoms with Gasteiger partial charge in [-0.05, 0) is 72.0 Å². The van der Waals surface area contributed by atoms with Crippen LogP contribution >= 0.6 is 0 Å². The van der Waals surface area contributed by atoms with Crippen molar-refractivity contribution < 1.29 is 37.3 Å². The smallest absolute Gasteiger partial charge is 0.416 e. The fraction of sp³-hybridized carbons (Fsp3) is 0.290. The van der Waals surface area contributed by atoms with E-state index in [4.69, 9.17) is 9.47 Å². The highest BCUT2D eigenvalue weighted by Crippen LogP contribution is 2.41. The lowest BCUT2D eigenvalue weighted by molar-refractivity contribution is -0.140. The molecule has 1 heterocycles. The molecule has 3 aromatic carbocycles. The fourth-order valence-electron chi connectivity index (χ4n) is 4.59. The number of alkyl halides is 3. The van der Waals surface area contributed by atoms with Gasteiger partial charge in [0, 0.05) is 12.1 Å². The lowest BCUT2D eigenvalue weighted by Gasteiger charge is -2.26. The summed E-state index contributed by atoms with van der Waals surface area (Å²) < 4.78 is 51.0. The monoisotopic (exact) mass is 553 g/mol. The Bertz CT molecular complexity index is 1440. The molecule has 0 aliphatic carbocycles. The first-order chi connectivity index (χ1) is 18.9. The summed E-state index contributed by atoms with van der Waals surface area (Å²) in [5.74, 6) is -0.765. The van der Waals surface area contributed by atoms with Gasteiger partial charge >= 0.3 is 6.18 Å². The Morgan fingerprint density at radius 3 is 2.33 bits per heavy atom. The Morgan fingerprint density at radius 1 is 1.02 bits per heavy atom. The minimum absolute atomic E-state index is 0.155. The van der Waals surface area contributed by atoms with E-state index in [1.54, 1.807) is 49.4 Å². The highest BCUT2D eigenvalue weighted by atomic mass is 19.4. The molecule has 6 nitrogen and oxygen atoms in total. The normalized spacial score (nSPS) is 17.0. The van der Waals surface area contributed by atoms with Crippen LogP contribution in [0.25, 0.3) is 5.76 Å². The van der Waals surface area contributed by atoms with Crippen molar-refractivity contribution in [2.75, 3.05) is 13.7 Å². The number of rotatable bonds is 8. The van der Waals surface area contributed by atoms with Gasteiger partial charge in [-0.1, -0.05) is 38.1 Å². The van der Waals surface area contributed by atoms with E-state index < -0.39 is 29.5 Å². The molecule has 1 N–H and O–H groups in total. The summed E-state index contributed by atoms with van der Waals surface area (Å²) in [6, 6.07) is 15.1. The molecule has 1 fully saturated rings. The number of aryl methyl sites for hydroxylation is 1. The van der Waals surface area contributed by atoms with Crippen molar-refractivity contribution in [3.63, 3.8) is 0 Å². The van der Waals surface area contributed by atoms with Crippen molar-refractivity contribution in [3.05, 3.63) is 100 Å². The third-order valence-corrected chi connectivity index (χ3v) is 6.60. The number of amides is 1. The standard InChI is InChI=1S/C31H30F3NO5/c1-18(2)17-40-25-13-10-22(14-19(25)3)28(36)26-27(21-8-11-24(39-4)12-9-21)35(30(38)29(26)37)16-20-6-5-7-23(15-20)31(32,33)34/h5-15,18,27,36H,16-17H2,1-4H3/b28-26+. The summed E-state index contributed by atoms with van der Waals surface area (Å²) in [6.07, 6.45) is -4.57. The SMILES string of the molecule is COc1ccc(C2/C(=C(\O)c3ccc(OCC(C)C)c(C)c3)C(=O)C(=O)N2Cc2cccc(C(F)(F)F)c2)cc1. The number of aliphatic hydroxyl groups is 1. The van der Waals surface area contributed by atoms with Gasteiger partial charge < -0.3 is 19.5 Å². The van der Waals surface area contributed by atoms with Gasteiger partial charge in [-0.15, -0.1) is 0 Å². The quantitative estimate of drug-likeness (QED) is 0.191. The van der Waals surface area contributed by atoms with Crippen molar-refractivity contribution in [3.8, 4) is 11.5 Å². The van der Waals surface area contributed by atoms with Gasteiger partial charge in [-0.2, -0.15) is 13.2 Å². The molecule has 0 bridgehead atoms. The van der Waals surface area contributed by atoms with Crippen LogP contribution in [0.2, 0.25) is 0 Å². The molecule has 210 valence electrons. The number of hydrogen-bond donors (Lipinski definition) is 1. The van der Waals surface area contributed by atoms with Gasteiger partial charge in [0.15, 0.2) is 0 Å². The number of carbonyl (C=O) groups excluding carboxylic acids is 2. The number of ketones is 1. The zero-order valence-corrected chi connectivity index (χ0v) is 22.6. The van der Waals surface area contributed by atoms with E-state index in [0.717, 1.165) is 17.7 Å². The Labute approximate surface area is 230 Å². The Balaban J connectivity index is 1.80. The van der Waals surface area contributed by atoms with Crippen LogP contribution in [-0.4, -0.2) is 35.4 Å². The van der Waals surface area contributed by atoms with Gasteiger partial charge in [0.25, 0.3) is 11.7 Å². The van der Waals surface area contributed by atoms with Crippen LogP contribution in [0.1, 0.15) is 47.7 Å². The highest BCUT2D eigenvalue weighted by Gasteiger charge is 2.46. The number of benzene rings is 3. The molecule has 1 unspecified atom stereocenters. The largest absolute Gasteiger partial charge is 0.507 e. The molecular formula is C31H30F3NO5. The van der Waals surface area contributed by atoms with E-state index >= 15 is 0 Å². The van der Waals surface area contributed by atoms with Crippen LogP contribution in [0.4, 0.5) is 13.2 Å². The average molecular weight is 554 g/mol. The molecule has 1 saturated heterocycles. The van der Waals surface area contributed by atoms with Gasteiger partial charge in [-0.25, -0.2) is 0 Å². The second kappa shape index (κ2) is 11.5. The number of methoxy groups -OCH3 is 1. The number of likely N-dealkylation sites (tertiary alicyclic amines) is 1. The van der Waals surface area contributed by atoms with Crippen LogP contribution in [0.3, 0.4) is 0 Å². The van der Waals surface area contributed by atoms with Gasteiger partial charge in [-0.3, -0.25) is 9.59 Å². The van der Waals surface area contributed by atoms with E-state index in [2.05, 4.69) is 0 Å². The lowest BCUT2D eigenvalue weighted by Crippen LogP contribution is -2.29. The topological polar surface area (TPSA) is 76.1 Å². The summed E-state index contributed by atoms with van der Waals surface area (Å²) in [5, 5.41) is 11.4. The molecule has 9 heteroatoms. The molecule has 0 aromatic heterocycles. The molecule has 1 aliphatic heterocycles. The third kappa shape index (κ3) is 5.98. The minimum atomic E-state index is -4.57. The number of ether oxygens (including phenoxy) is 2. The van der Waals surface area contributed by atoms with Crippen molar-refractivity contribution in [2.45, 2.75) is 39.5 Å². The molecule has 3 aromatic rings. The van der Waals surface area contributed by atoms with E-state index in [9.17, 15) is 27.9 Å². The van der Waals surface area contributed by atoms with Crippen molar-refractivity contribution in [2.24, 2.45) is 5.92 Å². The first-order valence-corrected chi connectivity index (χ1v) is 12.7. The predicted octanol–water partition coefficient (Wildman–Crippen LogP) is 6.68. The van der Waals surface area contributed by atoms with Crippen molar-refractivity contribution in [1.82, 2.24) is 4.90 Å². The Kier molecular flexibility index (Phi) is 8.23. The van der Waals surface area contributed by atoms with E-state index in [1.807, 2.05) is 13.8 Å². The summed E-state index contributed by atoms with van der Waals surface area (Å²) in [4.78, 5) is 27.8. The van der Waals surface area contributed by atoms with Crippen LogP contribution < -0.4 is 9.47 Å². The second-order valence-electron chi connectivity index (χ2n) is 10.1. The maximum absolute atomic E-state index is 13.3. The van der Waals surface area contributed by atoms with Gasteiger partial charge in [0.1, 0.15) is 17.3 Å². The van der Waals surface area contributed by atoms with Crippen LogP contribution in [0.15, 0.2) is 72.3 Å². The number of aliphatic hydroxyl groups excluding tert-OH is 1. The molecule has 4 rings (SSSR count). The molecule has 1 amide bonds. The summed E-state index contributed by atoms with van der Waals surface area (Å²) in [7, 11) is 1.49. The van der Waals surface area contributed by atoms with Crippen LogP contribution in [0, 0.1) is 12.8 Å². The number of hydrogen-bond acceptors (Lipinski definition) is 5. The lowest BCUT2D eigenvalue weighted by atomic mass is 9.94. The summed E-state index contributed by atoms with van der Waals surface area (Å²) >= 11 is 0. The highest BCUT2D eigenvalue weighted by molar-refractivity contribution is 6.46. The van der Waals surface area contributed by atoms with Crippen LogP contribution in [-0.2, 0) is 22.3 Å². The molecule has 0 saturated carbocycles. The number of nitrogens with zero attached hydrogens (tertiary/aromatic N) is 1. The number of carbonyl (C=O) groups is 2. The zero-order valence-electron chi connectivity index (χ0n) is 22.6. The van der Waals surface area contributed by atoms with Gasteiger partial charge in [0.2, 0.25) is 0 Å². The van der Waals surface area contributed by atoms with E-state index in [1.165, 1.54) is 24.1 Å². The summed E-state index contributed by atoms with van der Waals surface area (Å²) in [5.41, 5.74) is 0.698. The zero-order chi connectivity index (χ0) is 29.2. The van der Waals surface area contributed by atoms with Gasteiger partial charge in [0.05, 0.1) is 30.9 Å². The van der Waals surface area contributed by atoms with E-state index in [-0.39, 0.29) is 23.4 Å². The molecule has 1 aliphatic rings. The maximum atomic E-state index is 13.3. The van der Waals surface area contributed by atoms with Crippen LogP contribution in [0.5, 0.6) is 11.5 Å². The first-order valence-electron chi connectivity index (χ1n) is 12.7. The maximum Gasteiger partial charge on any atom is 0.416 e. The molecule has 1 atom stereocenters. The molecular weight excluding hydrogens is 523 g/mol. The Hall–Kier alpha value is -4.27. The number of Topliss-reactive ketones (excluding diaryl/α,β-unsaturated/α-hetero) is 1. The third-order valence-electron chi connectivity index (χ3n) is 6.60. The minimum Gasteiger partial charge on any atom is -0.507 e. The summed E-state index contributed by atoms with van der Waals surface area (Å²) in [6.45, 7) is 6.08. The van der Waals surface area contributed by atoms with Crippen molar-refractivity contribution in [1.29, 1.82) is 0 Å². The fourth-order valence-corrected chi connectivity index (χ4v) is 4.59. The van der Waals surface area contributed by atoms with E-state index in [0.29, 0.717) is 35.2 Å². The molecule has 0 spiro atoms.